The predicted molar refractivity (Wildman–Crippen MR) is 102 cm³/mol. The minimum absolute atomic E-state index is 0.205. The first-order valence-electron chi connectivity index (χ1n) is 7.76. The Labute approximate surface area is 148 Å². The third-order valence-corrected chi connectivity index (χ3v) is 6.56. The second kappa shape index (κ2) is 9.64. The van der Waals surface area contributed by atoms with Crippen LogP contribution in [0, 0.1) is 11.8 Å². The highest BCUT2D eigenvalue weighted by atomic mass is 31.2. The number of hydrogen-bond acceptors (Lipinski definition) is 3. The number of benzene rings is 2. The summed E-state index contributed by atoms with van der Waals surface area (Å²) in [6, 6.07) is 18.2. The van der Waals surface area contributed by atoms with E-state index in [-0.39, 0.29) is 13.2 Å². The van der Waals surface area contributed by atoms with Gasteiger partial charge in [0.05, 0.1) is 11.9 Å². The van der Waals surface area contributed by atoms with E-state index in [1.165, 1.54) is 0 Å². The first-order chi connectivity index (χ1) is 12.2. The van der Waals surface area contributed by atoms with Crippen molar-refractivity contribution in [2.45, 2.75) is 0 Å². The van der Waals surface area contributed by atoms with E-state index in [1.807, 2.05) is 36.4 Å². The van der Waals surface area contributed by atoms with E-state index < -0.39 is 7.14 Å². The molecule has 0 aliphatic heterocycles. The van der Waals surface area contributed by atoms with E-state index in [2.05, 4.69) is 17.6 Å². The molecule has 126 valence electrons. The minimum Gasteiger partial charge on any atom is -0.391 e. The first kappa shape index (κ1) is 18.7. The molecule has 3 nitrogen and oxygen atoms in total. The molecule has 2 aromatic rings. The quantitative estimate of drug-likeness (QED) is 0.377. The monoisotopic (exact) mass is 350 g/mol. The van der Waals surface area contributed by atoms with E-state index in [1.54, 1.807) is 42.5 Å². The SMILES string of the molecule is O=P(C(=C=CC=CC#CCO)CO)(c1ccccc1)c1ccccc1. The molecule has 2 rings (SSSR count). The van der Waals surface area contributed by atoms with E-state index in [4.69, 9.17) is 5.11 Å². The zero-order valence-corrected chi connectivity index (χ0v) is 14.6. The van der Waals surface area contributed by atoms with Gasteiger partial charge in [0.1, 0.15) is 6.61 Å². The zero-order valence-electron chi connectivity index (χ0n) is 13.7. The molecule has 0 radical (unpaired) electrons. The maximum absolute atomic E-state index is 13.9. The molecule has 0 bridgehead atoms. The van der Waals surface area contributed by atoms with Crippen LogP contribution in [-0.2, 0) is 4.57 Å². The van der Waals surface area contributed by atoms with Crippen LogP contribution in [0.15, 0.2) is 89.9 Å². The number of rotatable bonds is 5. The molecule has 0 saturated carbocycles. The molecule has 0 atom stereocenters. The number of allylic oxidation sites excluding steroid dienone is 2. The highest BCUT2D eigenvalue weighted by molar-refractivity contribution is 7.82. The fraction of sp³-hybridized carbons (Fsp3) is 0.0952. The van der Waals surface area contributed by atoms with Gasteiger partial charge in [-0.25, -0.2) is 0 Å². The Morgan fingerprint density at radius 1 is 0.960 bits per heavy atom. The van der Waals surface area contributed by atoms with Gasteiger partial charge in [0.15, 0.2) is 7.14 Å². The summed E-state index contributed by atoms with van der Waals surface area (Å²) in [6.07, 6.45) is 4.74. The molecule has 0 fully saturated rings. The van der Waals surface area contributed by atoms with Gasteiger partial charge >= 0.3 is 0 Å². The number of hydrogen-bond donors (Lipinski definition) is 2. The lowest BCUT2D eigenvalue weighted by molar-refractivity contribution is 0.338. The van der Waals surface area contributed by atoms with Crippen LogP contribution in [-0.4, -0.2) is 23.4 Å². The summed E-state index contributed by atoms with van der Waals surface area (Å²) >= 11 is 0. The molecule has 0 heterocycles. The molecule has 0 amide bonds. The van der Waals surface area contributed by atoms with Crippen LogP contribution in [0.2, 0.25) is 0 Å². The Kier molecular flexibility index (Phi) is 7.23. The normalized spacial score (nSPS) is 10.6. The lowest BCUT2D eigenvalue weighted by Crippen LogP contribution is -2.18. The summed E-state index contributed by atoms with van der Waals surface area (Å²) in [7, 11) is -3.18. The van der Waals surface area contributed by atoms with Crippen molar-refractivity contribution in [2.75, 3.05) is 13.2 Å². The second-order valence-corrected chi connectivity index (χ2v) is 7.83. The molecule has 0 saturated heterocycles. The molecule has 25 heavy (non-hydrogen) atoms. The van der Waals surface area contributed by atoms with Crippen molar-refractivity contribution >= 4 is 17.8 Å². The van der Waals surface area contributed by atoms with Crippen LogP contribution in [0.5, 0.6) is 0 Å². The largest absolute Gasteiger partial charge is 0.391 e. The Hall–Kier alpha value is -2.59. The van der Waals surface area contributed by atoms with Crippen molar-refractivity contribution in [3.8, 4) is 11.8 Å². The molecular weight excluding hydrogens is 331 g/mol. The maximum Gasteiger partial charge on any atom is 0.176 e. The fourth-order valence-electron chi connectivity index (χ4n) is 2.32. The summed E-state index contributed by atoms with van der Waals surface area (Å²) in [6.45, 7) is -0.573. The molecule has 0 spiro atoms. The van der Waals surface area contributed by atoms with Gasteiger partial charge in [0.25, 0.3) is 0 Å². The van der Waals surface area contributed by atoms with Crippen molar-refractivity contribution in [3.63, 3.8) is 0 Å². The molecule has 0 aliphatic rings. The van der Waals surface area contributed by atoms with E-state index in [0.29, 0.717) is 15.9 Å². The highest BCUT2D eigenvalue weighted by Gasteiger charge is 2.31. The number of aliphatic hydroxyl groups excluding tert-OH is 2. The van der Waals surface area contributed by atoms with Crippen molar-refractivity contribution in [1.29, 1.82) is 0 Å². The van der Waals surface area contributed by atoms with Crippen LogP contribution >= 0.6 is 7.14 Å². The zero-order chi connectivity index (χ0) is 18.0. The van der Waals surface area contributed by atoms with Crippen molar-refractivity contribution in [2.24, 2.45) is 0 Å². The average Bonchev–Trinajstić information content (AvgIpc) is 2.68. The van der Waals surface area contributed by atoms with Crippen LogP contribution < -0.4 is 10.6 Å². The smallest absolute Gasteiger partial charge is 0.176 e. The highest BCUT2D eigenvalue weighted by Crippen LogP contribution is 2.50. The lowest BCUT2D eigenvalue weighted by atomic mass is 10.4. The predicted octanol–water partition coefficient (Wildman–Crippen LogP) is 2.58. The Bertz CT molecular complexity index is 837. The van der Waals surface area contributed by atoms with E-state index in [0.717, 1.165) is 0 Å². The molecule has 0 unspecified atom stereocenters. The Morgan fingerprint density at radius 3 is 2.00 bits per heavy atom. The Morgan fingerprint density at radius 2 is 1.52 bits per heavy atom. The van der Waals surface area contributed by atoms with Gasteiger partial charge in [-0.1, -0.05) is 72.5 Å². The van der Waals surface area contributed by atoms with Gasteiger partial charge in [0, 0.05) is 10.6 Å². The molecular formula is C21H19O3P. The molecule has 2 aromatic carbocycles. The Balaban J connectivity index is 2.57. The fourth-order valence-corrected chi connectivity index (χ4v) is 4.88. The summed E-state index contributed by atoms with van der Waals surface area (Å²) in [4.78, 5) is 0. The topological polar surface area (TPSA) is 57.5 Å². The summed E-state index contributed by atoms with van der Waals surface area (Å²) < 4.78 is 13.9. The van der Waals surface area contributed by atoms with Gasteiger partial charge in [0.2, 0.25) is 0 Å². The molecule has 0 aliphatic carbocycles. The van der Waals surface area contributed by atoms with Gasteiger partial charge < -0.3 is 14.8 Å². The minimum atomic E-state index is -3.18. The third-order valence-electron chi connectivity index (χ3n) is 3.48. The average molecular weight is 350 g/mol. The van der Waals surface area contributed by atoms with Crippen molar-refractivity contribution in [3.05, 3.63) is 89.9 Å². The summed E-state index contributed by atoms with van der Waals surface area (Å²) in [5.74, 6) is 5.13. The van der Waals surface area contributed by atoms with Crippen LogP contribution in [0.4, 0.5) is 0 Å². The van der Waals surface area contributed by atoms with Crippen LogP contribution in [0.3, 0.4) is 0 Å². The molecule has 4 heteroatoms. The lowest BCUT2D eigenvalue weighted by Gasteiger charge is -2.20. The maximum atomic E-state index is 13.9. The molecule has 2 N–H and O–H groups in total. The van der Waals surface area contributed by atoms with E-state index in [9.17, 15) is 9.67 Å². The standard InChI is InChI=1S/C21H19O3P/c22-17-11-3-1-2-6-16-21(18-23)25(24,19-12-7-4-8-13-19)20-14-9-5-10-15-20/h1-2,4-10,12-15,22-23H,17-18H2. The second-order valence-electron chi connectivity index (χ2n) is 5.03. The van der Waals surface area contributed by atoms with Crippen LogP contribution in [0.1, 0.15) is 0 Å². The van der Waals surface area contributed by atoms with E-state index >= 15 is 0 Å². The summed E-state index contributed by atoms with van der Waals surface area (Å²) in [5, 5.41) is 20.1. The van der Waals surface area contributed by atoms with Gasteiger partial charge in [-0.05, 0) is 18.2 Å². The van der Waals surface area contributed by atoms with Gasteiger partial charge in [-0.3, -0.25) is 0 Å². The summed E-state index contributed by atoms with van der Waals surface area (Å²) in [5.41, 5.74) is 2.95. The van der Waals surface area contributed by atoms with Gasteiger partial charge in [-0.2, -0.15) is 0 Å². The number of aliphatic hydroxyl groups is 2. The van der Waals surface area contributed by atoms with Crippen molar-refractivity contribution in [1.82, 2.24) is 0 Å². The third kappa shape index (κ3) is 4.70. The van der Waals surface area contributed by atoms with Gasteiger partial charge in [-0.15, -0.1) is 5.73 Å². The molecule has 0 aromatic heterocycles. The first-order valence-corrected chi connectivity index (χ1v) is 9.47. The van der Waals surface area contributed by atoms with Crippen LogP contribution in [0.25, 0.3) is 0 Å². The van der Waals surface area contributed by atoms with Crippen molar-refractivity contribution < 1.29 is 14.8 Å².